The molecule has 1 saturated heterocycles. The number of carbonyl (C=O) groups is 1. The third-order valence-electron chi connectivity index (χ3n) is 3.57. The highest BCUT2D eigenvalue weighted by atomic mass is 19.3. The summed E-state index contributed by atoms with van der Waals surface area (Å²) in [6.45, 7) is 2.61. The maximum atomic E-state index is 12.2. The smallest absolute Gasteiger partial charge is 0.255 e. The highest BCUT2D eigenvalue weighted by Crippen LogP contribution is 2.19. The van der Waals surface area contributed by atoms with Gasteiger partial charge in [0.2, 0.25) is 5.91 Å². The van der Waals surface area contributed by atoms with Gasteiger partial charge in [-0.3, -0.25) is 9.69 Å². The van der Waals surface area contributed by atoms with Crippen molar-refractivity contribution >= 4 is 5.91 Å². The van der Waals surface area contributed by atoms with Crippen molar-refractivity contribution in [3.8, 4) is 0 Å². The molecular weight excluding hydrogens is 278 g/mol. The Morgan fingerprint density at radius 2 is 2.29 bits per heavy atom. The first-order chi connectivity index (χ1) is 10.1. The van der Waals surface area contributed by atoms with E-state index in [9.17, 15) is 13.6 Å². The van der Waals surface area contributed by atoms with Gasteiger partial charge >= 0.3 is 0 Å². The van der Waals surface area contributed by atoms with Gasteiger partial charge in [0.05, 0.1) is 18.3 Å². The summed E-state index contributed by atoms with van der Waals surface area (Å²) < 4.78 is 24.4. The van der Waals surface area contributed by atoms with Crippen LogP contribution in [0.5, 0.6) is 0 Å². The number of alkyl halides is 2. The van der Waals surface area contributed by atoms with Crippen molar-refractivity contribution in [2.75, 3.05) is 13.1 Å². The number of hydrogen-bond donors (Lipinski definition) is 1. The van der Waals surface area contributed by atoms with E-state index in [-0.39, 0.29) is 11.9 Å². The molecule has 0 saturated carbocycles. The summed E-state index contributed by atoms with van der Waals surface area (Å²) >= 11 is 0. The Hall–Kier alpha value is -1.63. The van der Waals surface area contributed by atoms with E-state index in [1.165, 1.54) is 6.33 Å². The maximum absolute atomic E-state index is 12.2. The SMILES string of the molecule is Cc1cc(CN2CCCC[C@H]2C(=O)NCC(F)F)ncn1. The molecule has 0 bridgehead atoms. The lowest BCUT2D eigenvalue weighted by Gasteiger charge is -2.34. The van der Waals surface area contributed by atoms with Crippen molar-refractivity contribution in [1.29, 1.82) is 0 Å². The van der Waals surface area contributed by atoms with Gasteiger partial charge in [-0.05, 0) is 32.4 Å². The molecule has 0 radical (unpaired) electrons. The lowest BCUT2D eigenvalue weighted by Crippen LogP contribution is -2.49. The average Bonchev–Trinajstić information content (AvgIpc) is 2.45. The monoisotopic (exact) mass is 298 g/mol. The van der Waals surface area contributed by atoms with Gasteiger partial charge in [0.1, 0.15) is 6.33 Å². The van der Waals surface area contributed by atoms with Crippen molar-refractivity contribution in [3.05, 3.63) is 23.8 Å². The number of likely N-dealkylation sites (tertiary alicyclic amines) is 1. The van der Waals surface area contributed by atoms with Gasteiger partial charge < -0.3 is 5.32 Å². The molecule has 1 aliphatic rings. The molecular formula is C14H20F2N4O. The normalized spacial score (nSPS) is 19.7. The molecule has 7 heteroatoms. The number of amides is 1. The molecule has 2 rings (SSSR count). The molecule has 0 spiro atoms. The zero-order chi connectivity index (χ0) is 15.2. The van der Waals surface area contributed by atoms with Crippen LogP contribution in [0.25, 0.3) is 0 Å². The van der Waals surface area contributed by atoms with Crippen LogP contribution in [0.4, 0.5) is 8.78 Å². The molecule has 1 amide bonds. The Kier molecular flexibility index (Phi) is 5.55. The van der Waals surface area contributed by atoms with E-state index in [2.05, 4.69) is 15.3 Å². The summed E-state index contributed by atoms with van der Waals surface area (Å²) in [4.78, 5) is 22.3. The Morgan fingerprint density at radius 3 is 3.00 bits per heavy atom. The summed E-state index contributed by atoms with van der Waals surface area (Å²) in [5.41, 5.74) is 1.71. The first kappa shape index (κ1) is 15.8. The van der Waals surface area contributed by atoms with Crippen LogP contribution in [0.2, 0.25) is 0 Å². The van der Waals surface area contributed by atoms with Gasteiger partial charge in [0, 0.05) is 12.2 Å². The second-order valence-corrected chi connectivity index (χ2v) is 5.27. The van der Waals surface area contributed by atoms with Gasteiger partial charge in [-0.1, -0.05) is 6.42 Å². The van der Waals surface area contributed by atoms with E-state index in [1.807, 2.05) is 17.9 Å². The number of halogens is 2. The molecule has 1 aliphatic heterocycles. The van der Waals surface area contributed by atoms with Crippen molar-refractivity contribution in [2.24, 2.45) is 0 Å². The first-order valence-corrected chi connectivity index (χ1v) is 7.13. The number of rotatable bonds is 5. The molecule has 21 heavy (non-hydrogen) atoms. The van der Waals surface area contributed by atoms with Crippen LogP contribution in [-0.2, 0) is 11.3 Å². The van der Waals surface area contributed by atoms with Gasteiger partial charge in [-0.2, -0.15) is 0 Å². The van der Waals surface area contributed by atoms with E-state index >= 15 is 0 Å². The van der Waals surface area contributed by atoms with Crippen LogP contribution < -0.4 is 5.32 Å². The maximum Gasteiger partial charge on any atom is 0.255 e. The minimum Gasteiger partial charge on any atom is -0.349 e. The summed E-state index contributed by atoms with van der Waals surface area (Å²) in [6, 6.07) is 1.52. The summed E-state index contributed by atoms with van der Waals surface area (Å²) in [6.07, 6.45) is 1.62. The van der Waals surface area contributed by atoms with Crippen molar-refractivity contribution < 1.29 is 13.6 Å². The summed E-state index contributed by atoms with van der Waals surface area (Å²) in [7, 11) is 0. The van der Waals surface area contributed by atoms with Crippen LogP contribution in [0.1, 0.15) is 30.7 Å². The molecule has 1 aromatic rings. The fraction of sp³-hybridized carbons (Fsp3) is 0.643. The quantitative estimate of drug-likeness (QED) is 0.895. The van der Waals surface area contributed by atoms with Crippen molar-refractivity contribution in [3.63, 3.8) is 0 Å². The standard InChI is InChI=1S/C14H20F2N4O/c1-10-6-11(19-9-18-10)8-20-5-3-2-4-12(20)14(21)17-7-13(15)16/h6,9,12-13H,2-5,7-8H2,1H3,(H,17,21)/t12-/m0/s1. The number of nitrogens with zero attached hydrogens (tertiary/aromatic N) is 3. The van der Waals surface area contributed by atoms with E-state index in [4.69, 9.17) is 0 Å². The Balaban J connectivity index is 1.99. The minimum absolute atomic E-state index is 0.319. The Labute approximate surface area is 122 Å². The fourth-order valence-electron chi connectivity index (χ4n) is 2.58. The molecule has 0 aromatic carbocycles. The fourth-order valence-corrected chi connectivity index (χ4v) is 2.58. The molecule has 2 heterocycles. The lowest BCUT2D eigenvalue weighted by molar-refractivity contribution is -0.128. The predicted molar refractivity (Wildman–Crippen MR) is 73.8 cm³/mol. The molecule has 5 nitrogen and oxygen atoms in total. The molecule has 0 unspecified atom stereocenters. The van der Waals surface area contributed by atoms with Crippen molar-refractivity contribution in [1.82, 2.24) is 20.2 Å². The van der Waals surface area contributed by atoms with Gasteiger partial charge in [-0.25, -0.2) is 18.7 Å². The first-order valence-electron chi connectivity index (χ1n) is 7.13. The van der Waals surface area contributed by atoms with Gasteiger partial charge in [0.25, 0.3) is 6.43 Å². The lowest BCUT2D eigenvalue weighted by atomic mass is 10.0. The van der Waals surface area contributed by atoms with Crippen LogP contribution in [0, 0.1) is 6.92 Å². The Bertz CT molecular complexity index is 484. The van der Waals surface area contributed by atoms with Crippen LogP contribution >= 0.6 is 0 Å². The molecule has 1 atom stereocenters. The van der Waals surface area contributed by atoms with Crippen LogP contribution in [0.15, 0.2) is 12.4 Å². The number of hydrogen-bond acceptors (Lipinski definition) is 4. The largest absolute Gasteiger partial charge is 0.349 e. The number of nitrogens with one attached hydrogen (secondary N) is 1. The average molecular weight is 298 g/mol. The highest BCUT2D eigenvalue weighted by molar-refractivity contribution is 5.81. The molecule has 1 N–H and O–H groups in total. The van der Waals surface area contributed by atoms with E-state index in [1.54, 1.807) is 0 Å². The second-order valence-electron chi connectivity index (χ2n) is 5.27. The second kappa shape index (κ2) is 7.40. The Morgan fingerprint density at radius 1 is 1.48 bits per heavy atom. The van der Waals surface area contributed by atoms with Crippen molar-refractivity contribution in [2.45, 2.75) is 45.2 Å². The van der Waals surface area contributed by atoms with Gasteiger partial charge in [0.15, 0.2) is 0 Å². The highest BCUT2D eigenvalue weighted by Gasteiger charge is 2.29. The van der Waals surface area contributed by atoms with E-state index in [0.29, 0.717) is 13.0 Å². The molecule has 1 aromatic heterocycles. The minimum atomic E-state index is -2.52. The molecule has 0 aliphatic carbocycles. The number of aryl methyl sites for hydroxylation is 1. The van der Waals surface area contributed by atoms with Crippen LogP contribution in [0.3, 0.4) is 0 Å². The summed E-state index contributed by atoms with van der Waals surface area (Å²) in [5.74, 6) is -0.319. The zero-order valence-electron chi connectivity index (χ0n) is 12.1. The van der Waals surface area contributed by atoms with E-state index in [0.717, 1.165) is 30.8 Å². The number of aromatic nitrogens is 2. The van der Waals surface area contributed by atoms with Gasteiger partial charge in [-0.15, -0.1) is 0 Å². The molecule has 1 fully saturated rings. The predicted octanol–water partition coefficient (Wildman–Crippen LogP) is 1.52. The summed E-state index contributed by atoms with van der Waals surface area (Å²) in [5, 5.41) is 2.32. The topological polar surface area (TPSA) is 58.1 Å². The van der Waals surface area contributed by atoms with E-state index < -0.39 is 13.0 Å². The number of piperidine rings is 1. The van der Waals surface area contributed by atoms with Crippen LogP contribution in [-0.4, -0.2) is 46.3 Å². The third-order valence-corrected chi connectivity index (χ3v) is 3.57. The number of carbonyl (C=O) groups excluding carboxylic acids is 1. The zero-order valence-corrected chi connectivity index (χ0v) is 12.1. The third kappa shape index (κ3) is 4.70. The molecule has 116 valence electrons.